The second kappa shape index (κ2) is 8.04. The van der Waals surface area contributed by atoms with Gasteiger partial charge in [0.2, 0.25) is 4.80 Å². The molecular weight excluding hydrogens is 384 g/mol. The van der Waals surface area contributed by atoms with Gasteiger partial charge < -0.3 is 0 Å². The number of aromatic nitrogens is 2. The van der Waals surface area contributed by atoms with Crippen LogP contribution in [0.15, 0.2) is 75.7 Å². The Morgan fingerprint density at radius 2 is 1.93 bits per heavy atom. The molecule has 0 aliphatic rings. The number of benzene rings is 1. The lowest BCUT2D eigenvalue weighted by molar-refractivity contribution is 0.849. The molecule has 4 rings (SSSR count). The number of aryl methyl sites for hydroxylation is 2. The second-order valence-corrected chi connectivity index (χ2v) is 8.28. The highest BCUT2D eigenvalue weighted by molar-refractivity contribution is 7.14. The summed E-state index contributed by atoms with van der Waals surface area (Å²) in [6.07, 6.45) is 3.51. The number of hydrogen-bond acceptors (Lipinski definition) is 5. The van der Waals surface area contributed by atoms with E-state index in [1.807, 2.05) is 23.7 Å². The van der Waals surface area contributed by atoms with Gasteiger partial charge in [-0.05, 0) is 67.1 Å². The van der Waals surface area contributed by atoms with E-state index in [1.54, 1.807) is 35.1 Å². The smallest absolute Gasteiger partial charge is 0.211 e. The quantitative estimate of drug-likeness (QED) is 0.397. The zero-order valence-electron chi connectivity index (χ0n) is 16.0. The molecule has 1 aromatic carbocycles. The summed E-state index contributed by atoms with van der Waals surface area (Å²) >= 11 is 3.28. The minimum Gasteiger partial charge on any atom is -0.262 e. The highest BCUT2D eigenvalue weighted by Crippen LogP contribution is 2.25. The molecule has 3 aromatic heterocycles. The summed E-state index contributed by atoms with van der Waals surface area (Å²) in [5.74, 6) is 0. The molecular formula is C22H20N4S2. The third-order valence-electron chi connectivity index (χ3n) is 4.50. The molecule has 6 heteroatoms. The maximum atomic E-state index is 4.95. The number of hydrogen-bond donors (Lipinski definition) is 0. The summed E-state index contributed by atoms with van der Waals surface area (Å²) < 4.78 is 1.94. The van der Waals surface area contributed by atoms with E-state index >= 15 is 0 Å². The van der Waals surface area contributed by atoms with Crippen LogP contribution < -0.4 is 4.80 Å². The number of thiazole rings is 1. The minimum absolute atomic E-state index is 0.815. The van der Waals surface area contributed by atoms with Crippen molar-refractivity contribution in [3.63, 3.8) is 0 Å². The largest absolute Gasteiger partial charge is 0.262 e. The molecule has 0 amide bonds. The molecule has 3 heterocycles. The molecule has 140 valence electrons. The van der Waals surface area contributed by atoms with Crippen LogP contribution in [0.5, 0.6) is 0 Å². The van der Waals surface area contributed by atoms with Gasteiger partial charge in [-0.2, -0.15) is 5.10 Å². The topological polar surface area (TPSA) is 42.5 Å². The summed E-state index contributed by atoms with van der Waals surface area (Å²) in [6.45, 7) is 6.30. The van der Waals surface area contributed by atoms with Crippen LogP contribution in [0.2, 0.25) is 0 Å². The molecule has 28 heavy (non-hydrogen) atoms. The molecule has 0 N–H and O–H groups in total. The summed E-state index contributed by atoms with van der Waals surface area (Å²) in [5.41, 5.74) is 6.48. The van der Waals surface area contributed by atoms with E-state index in [4.69, 9.17) is 10.1 Å². The Balaban J connectivity index is 1.87. The molecule has 0 radical (unpaired) electrons. The lowest BCUT2D eigenvalue weighted by Crippen LogP contribution is -2.13. The minimum atomic E-state index is 0.815. The zero-order chi connectivity index (χ0) is 19.5. The van der Waals surface area contributed by atoms with E-state index in [0.717, 1.165) is 27.5 Å². The number of pyridine rings is 1. The van der Waals surface area contributed by atoms with Gasteiger partial charge in [-0.3, -0.25) is 4.98 Å². The normalized spacial score (nSPS) is 12.5. The highest BCUT2D eigenvalue weighted by Gasteiger charge is 2.10. The third-order valence-corrected chi connectivity index (χ3v) is 6.21. The fourth-order valence-electron chi connectivity index (χ4n) is 2.77. The first-order valence-corrected chi connectivity index (χ1v) is 10.7. The van der Waals surface area contributed by atoms with Crippen LogP contribution in [0, 0.1) is 13.8 Å². The Labute approximate surface area is 172 Å². The van der Waals surface area contributed by atoms with Crippen molar-refractivity contribution in [1.29, 1.82) is 0 Å². The average Bonchev–Trinajstić information content (AvgIpc) is 3.35. The van der Waals surface area contributed by atoms with Crippen LogP contribution in [0.4, 0.5) is 5.69 Å². The Morgan fingerprint density at radius 1 is 1.04 bits per heavy atom. The van der Waals surface area contributed by atoms with Gasteiger partial charge in [-0.15, -0.1) is 22.7 Å². The van der Waals surface area contributed by atoms with Crippen LogP contribution in [0.25, 0.3) is 10.6 Å². The fraction of sp³-hybridized carbons (Fsp3) is 0.136. The average molecular weight is 405 g/mol. The number of rotatable bonds is 4. The predicted octanol–water partition coefficient (Wildman–Crippen LogP) is 5.79. The van der Waals surface area contributed by atoms with E-state index in [0.29, 0.717) is 0 Å². The van der Waals surface area contributed by atoms with Crippen molar-refractivity contribution < 1.29 is 0 Å². The van der Waals surface area contributed by atoms with Gasteiger partial charge >= 0.3 is 0 Å². The molecule has 0 saturated heterocycles. The van der Waals surface area contributed by atoms with E-state index in [1.165, 1.54) is 16.0 Å². The van der Waals surface area contributed by atoms with Gasteiger partial charge in [-0.1, -0.05) is 18.2 Å². The standard InChI is InChI=1S/C22H20N4S2/c1-15-8-9-18(12-16(15)2)17(3)25-26-20(21-7-5-11-27-21)14-28-22(26)24-19-6-4-10-23-13-19/h4-14H,1-3H3. The summed E-state index contributed by atoms with van der Waals surface area (Å²) in [7, 11) is 0. The highest BCUT2D eigenvalue weighted by atomic mass is 32.1. The van der Waals surface area contributed by atoms with E-state index in [9.17, 15) is 0 Å². The maximum Gasteiger partial charge on any atom is 0.211 e. The van der Waals surface area contributed by atoms with Crippen LogP contribution in [-0.2, 0) is 0 Å². The zero-order valence-corrected chi connectivity index (χ0v) is 17.6. The van der Waals surface area contributed by atoms with Gasteiger partial charge in [0.05, 0.1) is 28.2 Å². The first kappa shape index (κ1) is 18.5. The predicted molar refractivity (Wildman–Crippen MR) is 119 cm³/mol. The van der Waals surface area contributed by atoms with E-state index in [-0.39, 0.29) is 0 Å². The van der Waals surface area contributed by atoms with Crippen molar-refractivity contribution >= 4 is 34.1 Å². The Bertz CT molecular complexity index is 1180. The first-order valence-electron chi connectivity index (χ1n) is 8.94. The van der Waals surface area contributed by atoms with Gasteiger partial charge in [-0.25, -0.2) is 9.67 Å². The molecule has 0 unspecified atom stereocenters. The molecule has 0 fully saturated rings. The fourth-order valence-corrected chi connectivity index (χ4v) is 4.42. The lowest BCUT2D eigenvalue weighted by Gasteiger charge is -2.07. The van der Waals surface area contributed by atoms with Gasteiger partial charge in [0.1, 0.15) is 0 Å². The molecule has 0 bridgehead atoms. The molecule has 4 aromatic rings. The van der Waals surface area contributed by atoms with Crippen molar-refractivity contribution in [2.45, 2.75) is 20.8 Å². The molecule has 0 saturated carbocycles. The van der Waals surface area contributed by atoms with Crippen LogP contribution in [0.1, 0.15) is 23.6 Å². The monoisotopic (exact) mass is 404 g/mol. The van der Waals surface area contributed by atoms with Crippen molar-refractivity contribution in [3.05, 3.63) is 87.1 Å². The van der Waals surface area contributed by atoms with Gasteiger partial charge in [0.15, 0.2) is 0 Å². The van der Waals surface area contributed by atoms with Crippen molar-refractivity contribution in [3.8, 4) is 10.6 Å². The molecule has 4 nitrogen and oxygen atoms in total. The molecule has 0 spiro atoms. The molecule has 0 aliphatic heterocycles. The van der Waals surface area contributed by atoms with Crippen LogP contribution >= 0.6 is 22.7 Å². The number of thiophene rings is 1. The summed E-state index contributed by atoms with van der Waals surface area (Å²) in [4.78, 5) is 10.9. The first-order chi connectivity index (χ1) is 13.6. The van der Waals surface area contributed by atoms with Crippen molar-refractivity contribution in [2.24, 2.45) is 10.1 Å². The number of nitrogens with zero attached hydrogens (tertiary/aromatic N) is 4. The molecule has 0 atom stereocenters. The summed E-state index contributed by atoms with van der Waals surface area (Å²) in [5, 5.41) is 9.14. The van der Waals surface area contributed by atoms with Crippen molar-refractivity contribution in [1.82, 2.24) is 9.66 Å². The van der Waals surface area contributed by atoms with Crippen molar-refractivity contribution in [2.75, 3.05) is 0 Å². The van der Waals surface area contributed by atoms with Gasteiger partial charge in [0, 0.05) is 11.6 Å². The SMILES string of the molecule is CC(=Nn1c(-c2cccs2)csc1=Nc1cccnc1)c1ccc(C)c(C)c1. The van der Waals surface area contributed by atoms with Crippen LogP contribution in [0.3, 0.4) is 0 Å². The third kappa shape index (κ3) is 3.88. The van der Waals surface area contributed by atoms with E-state index in [2.05, 4.69) is 59.9 Å². The Hall–Kier alpha value is -2.83. The van der Waals surface area contributed by atoms with Gasteiger partial charge in [0.25, 0.3) is 0 Å². The maximum absolute atomic E-state index is 4.95. The second-order valence-electron chi connectivity index (χ2n) is 6.50. The Kier molecular flexibility index (Phi) is 5.32. The summed E-state index contributed by atoms with van der Waals surface area (Å²) in [6, 6.07) is 14.4. The lowest BCUT2D eigenvalue weighted by atomic mass is 10.0. The van der Waals surface area contributed by atoms with Crippen LogP contribution in [-0.4, -0.2) is 15.4 Å². The molecule has 0 aliphatic carbocycles. The Morgan fingerprint density at radius 3 is 2.64 bits per heavy atom. The van der Waals surface area contributed by atoms with E-state index < -0.39 is 0 Å².